The fraction of sp³-hybridized carbons (Fsp3) is 0.636. The minimum atomic E-state index is -0.221. The standard InChI is InChI=1S/C22H33N3O2/c1-16-7-6-8-20(17(16)2)23-21(26)15-22(27)25-13-9-19(10-14-25)18(3)24-11-4-5-12-24/h6-8,18-19H,4-5,9-15H2,1-3H3,(H,23,26)/t18-/m1/s1. The molecule has 0 aliphatic carbocycles. The molecule has 1 N–H and O–H groups in total. The molecule has 0 aromatic heterocycles. The Kier molecular flexibility index (Phi) is 6.53. The molecule has 1 atom stereocenters. The first-order valence-corrected chi connectivity index (χ1v) is 10.3. The lowest BCUT2D eigenvalue weighted by molar-refractivity contribution is -0.136. The van der Waals surface area contributed by atoms with Gasteiger partial charge in [0.2, 0.25) is 11.8 Å². The molecule has 0 radical (unpaired) electrons. The molecule has 2 aliphatic heterocycles. The van der Waals surface area contributed by atoms with Crippen molar-refractivity contribution in [3.05, 3.63) is 29.3 Å². The van der Waals surface area contributed by atoms with Crippen molar-refractivity contribution < 1.29 is 9.59 Å². The van der Waals surface area contributed by atoms with Crippen molar-refractivity contribution in [3.8, 4) is 0 Å². The maximum absolute atomic E-state index is 12.5. The molecular formula is C22H33N3O2. The van der Waals surface area contributed by atoms with Gasteiger partial charge in [0.05, 0.1) is 0 Å². The number of likely N-dealkylation sites (tertiary alicyclic amines) is 2. The summed E-state index contributed by atoms with van der Waals surface area (Å²) < 4.78 is 0. The molecule has 3 rings (SSSR count). The van der Waals surface area contributed by atoms with Crippen LogP contribution in [0.2, 0.25) is 0 Å². The number of nitrogens with zero attached hydrogens (tertiary/aromatic N) is 2. The third-order valence-electron chi connectivity index (χ3n) is 6.48. The number of nitrogens with one attached hydrogen (secondary N) is 1. The predicted molar refractivity (Wildman–Crippen MR) is 109 cm³/mol. The number of carbonyl (C=O) groups is 2. The monoisotopic (exact) mass is 371 g/mol. The lowest BCUT2D eigenvalue weighted by Gasteiger charge is -2.38. The molecular weight excluding hydrogens is 338 g/mol. The molecule has 2 aliphatic rings. The summed E-state index contributed by atoms with van der Waals surface area (Å²) in [5.41, 5.74) is 2.98. The van der Waals surface area contributed by atoms with E-state index in [1.165, 1.54) is 25.9 Å². The van der Waals surface area contributed by atoms with Crippen molar-refractivity contribution in [2.75, 3.05) is 31.5 Å². The van der Waals surface area contributed by atoms with Crippen LogP contribution >= 0.6 is 0 Å². The van der Waals surface area contributed by atoms with Crippen LogP contribution in [0.3, 0.4) is 0 Å². The zero-order chi connectivity index (χ0) is 19.4. The van der Waals surface area contributed by atoms with Gasteiger partial charge in [-0.15, -0.1) is 0 Å². The van der Waals surface area contributed by atoms with E-state index in [4.69, 9.17) is 0 Å². The Balaban J connectivity index is 1.46. The smallest absolute Gasteiger partial charge is 0.233 e. The average molecular weight is 372 g/mol. The number of hydrogen-bond donors (Lipinski definition) is 1. The largest absolute Gasteiger partial charge is 0.342 e. The highest BCUT2D eigenvalue weighted by Crippen LogP contribution is 2.26. The molecule has 0 unspecified atom stereocenters. The number of aryl methyl sites for hydroxylation is 1. The zero-order valence-electron chi connectivity index (χ0n) is 17.0. The van der Waals surface area contributed by atoms with Gasteiger partial charge in [-0.3, -0.25) is 9.59 Å². The number of carbonyl (C=O) groups excluding carboxylic acids is 2. The van der Waals surface area contributed by atoms with E-state index in [0.717, 1.165) is 42.7 Å². The van der Waals surface area contributed by atoms with Gasteiger partial charge >= 0.3 is 0 Å². The Morgan fingerprint density at radius 1 is 1.11 bits per heavy atom. The number of hydrogen-bond acceptors (Lipinski definition) is 3. The van der Waals surface area contributed by atoms with Gasteiger partial charge in [0.1, 0.15) is 6.42 Å². The van der Waals surface area contributed by atoms with Crippen LogP contribution in [0.4, 0.5) is 5.69 Å². The van der Waals surface area contributed by atoms with Crippen LogP contribution in [0.5, 0.6) is 0 Å². The van der Waals surface area contributed by atoms with Crippen molar-refractivity contribution >= 4 is 17.5 Å². The molecule has 27 heavy (non-hydrogen) atoms. The number of anilines is 1. The second-order valence-corrected chi connectivity index (χ2v) is 8.17. The fourth-order valence-corrected chi connectivity index (χ4v) is 4.41. The zero-order valence-corrected chi connectivity index (χ0v) is 17.0. The third-order valence-corrected chi connectivity index (χ3v) is 6.48. The van der Waals surface area contributed by atoms with E-state index in [9.17, 15) is 9.59 Å². The number of amides is 2. The van der Waals surface area contributed by atoms with Gasteiger partial charge in [0, 0.05) is 24.8 Å². The van der Waals surface area contributed by atoms with Crippen LogP contribution in [-0.2, 0) is 9.59 Å². The Bertz CT molecular complexity index is 674. The second-order valence-electron chi connectivity index (χ2n) is 8.17. The van der Waals surface area contributed by atoms with Crippen LogP contribution in [0.1, 0.15) is 50.2 Å². The van der Waals surface area contributed by atoms with Crippen LogP contribution < -0.4 is 5.32 Å². The molecule has 0 saturated carbocycles. The number of rotatable bonds is 5. The van der Waals surface area contributed by atoms with Crippen molar-refractivity contribution in [1.82, 2.24) is 9.80 Å². The van der Waals surface area contributed by atoms with Gasteiger partial charge in [-0.05, 0) is 82.7 Å². The van der Waals surface area contributed by atoms with E-state index in [-0.39, 0.29) is 18.2 Å². The highest BCUT2D eigenvalue weighted by molar-refractivity contribution is 6.03. The summed E-state index contributed by atoms with van der Waals surface area (Å²) in [6.45, 7) is 10.3. The molecule has 2 fully saturated rings. The topological polar surface area (TPSA) is 52.7 Å². The van der Waals surface area contributed by atoms with Crippen molar-refractivity contribution in [2.45, 2.75) is 58.9 Å². The van der Waals surface area contributed by atoms with E-state index in [1.54, 1.807) is 0 Å². The Morgan fingerprint density at radius 2 is 1.78 bits per heavy atom. The van der Waals surface area contributed by atoms with Gasteiger partial charge in [-0.1, -0.05) is 12.1 Å². The van der Waals surface area contributed by atoms with Gasteiger partial charge in [-0.2, -0.15) is 0 Å². The quantitative estimate of drug-likeness (QED) is 0.808. The highest BCUT2D eigenvalue weighted by Gasteiger charge is 2.30. The molecule has 2 saturated heterocycles. The summed E-state index contributed by atoms with van der Waals surface area (Å²) in [6.07, 6.45) is 4.65. The van der Waals surface area contributed by atoms with Crippen molar-refractivity contribution in [1.29, 1.82) is 0 Å². The maximum Gasteiger partial charge on any atom is 0.233 e. The predicted octanol–water partition coefficient (Wildman–Crippen LogP) is 3.35. The maximum atomic E-state index is 12.5. The lowest BCUT2D eigenvalue weighted by Crippen LogP contribution is -2.45. The average Bonchev–Trinajstić information content (AvgIpc) is 3.19. The lowest BCUT2D eigenvalue weighted by atomic mass is 9.89. The third kappa shape index (κ3) is 4.89. The van der Waals surface area contributed by atoms with E-state index in [2.05, 4.69) is 17.1 Å². The van der Waals surface area contributed by atoms with Gasteiger partial charge in [-0.25, -0.2) is 0 Å². The second kappa shape index (κ2) is 8.87. The molecule has 2 heterocycles. The van der Waals surface area contributed by atoms with Gasteiger partial charge in [0.15, 0.2) is 0 Å². The van der Waals surface area contributed by atoms with E-state index in [1.807, 2.05) is 36.9 Å². The van der Waals surface area contributed by atoms with Crippen LogP contribution in [-0.4, -0.2) is 53.8 Å². The summed E-state index contributed by atoms with van der Waals surface area (Å²) in [4.78, 5) is 29.3. The van der Waals surface area contributed by atoms with Crippen LogP contribution in [0.15, 0.2) is 18.2 Å². The highest BCUT2D eigenvalue weighted by atomic mass is 16.2. The molecule has 1 aromatic rings. The molecule has 5 nitrogen and oxygen atoms in total. The summed E-state index contributed by atoms with van der Waals surface area (Å²) >= 11 is 0. The Morgan fingerprint density at radius 3 is 2.44 bits per heavy atom. The first kappa shape index (κ1) is 19.9. The van der Waals surface area contributed by atoms with E-state index >= 15 is 0 Å². The Labute approximate surface area is 163 Å². The number of piperidine rings is 1. The van der Waals surface area contributed by atoms with Gasteiger partial charge < -0.3 is 15.1 Å². The molecule has 1 aromatic carbocycles. The molecule has 148 valence electrons. The summed E-state index contributed by atoms with van der Waals surface area (Å²) in [5, 5.41) is 2.89. The van der Waals surface area contributed by atoms with Crippen molar-refractivity contribution in [2.24, 2.45) is 5.92 Å². The molecule has 0 spiro atoms. The van der Waals surface area contributed by atoms with E-state index in [0.29, 0.717) is 12.0 Å². The number of benzene rings is 1. The fourth-order valence-electron chi connectivity index (χ4n) is 4.41. The van der Waals surface area contributed by atoms with Gasteiger partial charge in [0.25, 0.3) is 0 Å². The normalized spacial score (nSPS) is 19.9. The molecule has 5 heteroatoms. The van der Waals surface area contributed by atoms with Crippen LogP contribution in [0.25, 0.3) is 0 Å². The van der Waals surface area contributed by atoms with E-state index < -0.39 is 0 Å². The minimum Gasteiger partial charge on any atom is -0.342 e. The molecule has 2 amide bonds. The SMILES string of the molecule is Cc1cccc(NC(=O)CC(=O)N2CCC([C@@H](C)N3CCCC3)CC2)c1C. The first-order valence-electron chi connectivity index (χ1n) is 10.3. The first-order chi connectivity index (χ1) is 13.0. The summed E-state index contributed by atoms with van der Waals surface area (Å²) in [6, 6.07) is 6.43. The minimum absolute atomic E-state index is 0.0509. The molecule has 0 bridgehead atoms. The van der Waals surface area contributed by atoms with Crippen molar-refractivity contribution in [3.63, 3.8) is 0 Å². The van der Waals surface area contributed by atoms with Crippen LogP contribution in [0, 0.1) is 19.8 Å². The summed E-state index contributed by atoms with van der Waals surface area (Å²) in [7, 11) is 0. The summed E-state index contributed by atoms with van der Waals surface area (Å²) in [5.74, 6) is 0.391. The Hall–Kier alpha value is -1.88.